The van der Waals surface area contributed by atoms with Gasteiger partial charge in [-0.1, -0.05) is 30.2 Å². The third-order valence-corrected chi connectivity index (χ3v) is 4.95. The normalized spacial score (nSPS) is 28.6. The summed E-state index contributed by atoms with van der Waals surface area (Å²) in [6.45, 7) is 0.584. The van der Waals surface area contributed by atoms with E-state index < -0.39 is 0 Å². The number of hydrogen-bond acceptors (Lipinski definition) is 1. The van der Waals surface area contributed by atoms with Gasteiger partial charge >= 0.3 is 0 Å². The Hall–Kier alpha value is -1.02. The van der Waals surface area contributed by atoms with Crippen LogP contribution in [0.3, 0.4) is 0 Å². The Bertz CT molecular complexity index is 474. The Balaban J connectivity index is 1.47. The van der Waals surface area contributed by atoms with Crippen LogP contribution in [0.5, 0.6) is 0 Å². The Labute approximate surface area is 119 Å². The van der Waals surface area contributed by atoms with Crippen molar-refractivity contribution in [3.05, 3.63) is 34.9 Å². The maximum Gasteiger partial charge on any atom is 0.220 e. The molecule has 2 fully saturated rings. The molecule has 0 radical (unpaired) electrons. The van der Waals surface area contributed by atoms with Gasteiger partial charge in [-0.15, -0.1) is 0 Å². The van der Waals surface area contributed by atoms with Crippen LogP contribution in [0.4, 0.5) is 0 Å². The zero-order valence-electron chi connectivity index (χ0n) is 11.1. The van der Waals surface area contributed by atoms with E-state index in [1.807, 2.05) is 24.3 Å². The fourth-order valence-corrected chi connectivity index (χ4v) is 4.00. The summed E-state index contributed by atoms with van der Waals surface area (Å²) in [5, 5.41) is 3.74. The third-order valence-electron chi connectivity index (χ3n) is 4.71. The molecule has 0 saturated heterocycles. The van der Waals surface area contributed by atoms with E-state index in [4.69, 9.17) is 11.6 Å². The first-order valence-electron chi connectivity index (χ1n) is 7.22. The molecule has 0 unspecified atom stereocenters. The highest BCUT2D eigenvalue weighted by molar-refractivity contribution is 6.30. The molecule has 2 aliphatic carbocycles. The highest BCUT2D eigenvalue weighted by atomic mass is 35.5. The maximum absolute atomic E-state index is 12.0. The predicted molar refractivity (Wildman–Crippen MR) is 76.9 cm³/mol. The SMILES string of the molecule is O=C(C[C@H]1C[C@H]2CC[C@@H]1C2)NCc1cccc(Cl)c1. The van der Waals surface area contributed by atoms with Gasteiger partial charge in [-0.3, -0.25) is 4.79 Å². The minimum atomic E-state index is 0.192. The number of rotatable bonds is 4. The van der Waals surface area contributed by atoms with E-state index in [2.05, 4.69) is 5.32 Å². The summed E-state index contributed by atoms with van der Waals surface area (Å²) >= 11 is 5.93. The highest BCUT2D eigenvalue weighted by Gasteiger charge is 2.39. The van der Waals surface area contributed by atoms with Crippen molar-refractivity contribution in [3.63, 3.8) is 0 Å². The molecule has 3 heteroatoms. The lowest BCUT2D eigenvalue weighted by Crippen LogP contribution is -2.26. The molecule has 2 bridgehead atoms. The van der Waals surface area contributed by atoms with E-state index in [1.54, 1.807) is 0 Å². The molecule has 2 aliphatic rings. The molecule has 1 aromatic carbocycles. The summed E-state index contributed by atoms with van der Waals surface area (Å²) in [6.07, 6.45) is 6.09. The number of carbonyl (C=O) groups excluding carboxylic acids is 1. The summed E-state index contributed by atoms with van der Waals surface area (Å²) < 4.78 is 0. The van der Waals surface area contributed by atoms with Crippen LogP contribution in [0, 0.1) is 17.8 Å². The fraction of sp³-hybridized carbons (Fsp3) is 0.562. The van der Waals surface area contributed by atoms with E-state index in [0.29, 0.717) is 18.9 Å². The van der Waals surface area contributed by atoms with Crippen molar-refractivity contribution in [2.75, 3.05) is 0 Å². The second-order valence-electron chi connectivity index (χ2n) is 6.05. The number of nitrogens with one attached hydrogen (secondary N) is 1. The average molecular weight is 278 g/mol. The predicted octanol–water partition coefficient (Wildman–Crippen LogP) is 3.78. The van der Waals surface area contributed by atoms with E-state index in [9.17, 15) is 4.79 Å². The van der Waals surface area contributed by atoms with Crippen molar-refractivity contribution in [3.8, 4) is 0 Å². The van der Waals surface area contributed by atoms with Crippen LogP contribution in [0.1, 0.15) is 37.7 Å². The Kier molecular flexibility index (Phi) is 3.79. The van der Waals surface area contributed by atoms with Crippen LogP contribution < -0.4 is 5.32 Å². The zero-order valence-corrected chi connectivity index (χ0v) is 11.8. The molecule has 3 atom stereocenters. The highest BCUT2D eigenvalue weighted by Crippen LogP contribution is 2.49. The van der Waals surface area contributed by atoms with E-state index in [1.165, 1.54) is 25.7 Å². The molecule has 102 valence electrons. The fourth-order valence-electron chi connectivity index (χ4n) is 3.78. The van der Waals surface area contributed by atoms with Gasteiger partial charge in [0.2, 0.25) is 5.91 Å². The van der Waals surface area contributed by atoms with E-state index >= 15 is 0 Å². The van der Waals surface area contributed by atoms with Gasteiger partial charge in [0, 0.05) is 18.0 Å². The van der Waals surface area contributed by atoms with Gasteiger partial charge in [0.05, 0.1) is 0 Å². The second-order valence-corrected chi connectivity index (χ2v) is 6.48. The Morgan fingerprint density at radius 3 is 2.89 bits per heavy atom. The molecular formula is C16H20ClNO. The lowest BCUT2D eigenvalue weighted by Gasteiger charge is -2.20. The molecule has 3 rings (SSSR count). The molecule has 2 saturated carbocycles. The van der Waals surface area contributed by atoms with Gasteiger partial charge < -0.3 is 5.32 Å². The zero-order chi connectivity index (χ0) is 13.2. The molecular weight excluding hydrogens is 258 g/mol. The summed E-state index contributed by atoms with van der Waals surface area (Å²) in [6, 6.07) is 7.66. The van der Waals surface area contributed by atoms with Crippen LogP contribution in [-0.2, 0) is 11.3 Å². The number of fused-ring (bicyclic) bond motifs is 2. The Morgan fingerprint density at radius 2 is 2.21 bits per heavy atom. The Morgan fingerprint density at radius 1 is 1.32 bits per heavy atom. The minimum Gasteiger partial charge on any atom is -0.352 e. The van der Waals surface area contributed by atoms with Gasteiger partial charge in [0.1, 0.15) is 0 Å². The molecule has 0 heterocycles. The monoisotopic (exact) mass is 277 g/mol. The van der Waals surface area contributed by atoms with Crippen LogP contribution in [-0.4, -0.2) is 5.91 Å². The molecule has 0 aliphatic heterocycles. The first kappa shape index (κ1) is 13.0. The smallest absolute Gasteiger partial charge is 0.220 e. The lowest BCUT2D eigenvalue weighted by molar-refractivity contribution is -0.122. The summed E-state index contributed by atoms with van der Waals surface area (Å²) in [4.78, 5) is 12.0. The van der Waals surface area contributed by atoms with Gasteiger partial charge in [-0.05, 0) is 54.7 Å². The van der Waals surface area contributed by atoms with Crippen molar-refractivity contribution >= 4 is 17.5 Å². The molecule has 19 heavy (non-hydrogen) atoms. The topological polar surface area (TPSA) is 29.1 Å². The number of hydrogen-bond donors (Lipinski definition) is 1. The van der Waals surface area contributed by atoms with Crippen molar-refractivity contribution in [2.24, 2.45) is 17.8 Å². The van der Waals surface area contributed by atoms with Gasteiger partial charge in [0.15, 0.2) is 0 Å². The molecule has 1 amide bonds. The van der Waals surface area contributed by atoms with Gasteiger partial charge in [-0.25, -0.2) is 0 Å². The first-order chi connectivity index (χ1) is 9.20. The van der Waals surface area contributed by atoms with E-state index in [0.717, 1.165) is 22.4 Å². The van der Waals surface area contributed by atoms with Crippen molar-refractivity contribution in [1.82, 2.24) is 5.32 Å². The average Bonchev–Trinajstić information content (AvgIpc) is 2.99. The lowest BCUT2D eigenvalue weighted by atomic mass is 9.86. The number of benzene rings is 1. The summed E-state index contributed by atoms with van der Waals surface area (Å²) in [5.74, 6) is 2.56. The van der Waals surface area contributed by atoms with Crippen LogP contribution in [0.15, 0.2) is 24.3 Å². The van der Waals surface area contributed by atoms with E-state index in [-0.39, 0.29) is 5.91 Å². The number of halogens is 1. The maximum atomic E-state index is 12.0. The van der Waals surface area contributed by atoms with Gasteiger partial charge in [0.25, 0.3) is 0 Å². The van der Waals surface area contributed by atoms with Crippen molar-refractivity contribution in [1.29, 1.82) is 0 Å². The third kappa shape index (κ3) is 3.11. The van der Waals surface area contributed by atoms with Crippen LogP contribution in [0.2, 0.25) is 5.02 Å². The molecule has 0 aromatic heterocycles. The molecule has 1 N–H and O–H groups in total. The van der Waals surface area contributed by atoms with Crippen molar-refractivity contribution < 1.29 is 4.79 Å². The number of carbonyl (C=O) groups is 1. The molecule has 2 nitrogen and oxygen atoms in total. The molecule has 0 spiro atoms. The van der Waals surface area contributed by atoms with Crippen LogP contribution in [0.25, 0.3) is 0 Å². The second kappa shape index (κ2) is 5.54. The van der Waals surface area contributed by atoms with Crippen molar-refractivity contribution in [2.45, 2.75) is 38.6 Å². The quantitative estimate of drug-likeness (QED) is 0.891. The largest absolute Gasteiger partial charge is 0.352 e. The minimum absolute atomic E-state index is 0.192. The van der Waals surface area contributed by atoms with Crippen LogP contribution >= 0.6 is 11.6 Å². The summed E-state index contributed by atoms with van der Waals surface area (Å²) in [5.41, 5.74) is 1.06. The summed E-state index contributed by atoms with van der Waals surface area (Å²) in [7, 11) is 0. The number of amides is 1. The molecule has 1 aromatic rings. The standard InChI is InChI=1S/C16H20ClNO/c17-15-3-1-2-12(8-15)10-18-16(19)9-14-7-11-4-5-13(14)6-11/h1-3,8,11,13-14H,4-7,9-10H2,(H,18,19)/t11-,13+,14+/m0/s1. The van der Waals surface area contributed by atoms with Gasteiger partial charge in [-0.2, -0.15) is 0 Å². The first-order valence-corrected chi connectivity index (χ1v) is 7.59.